The van der Waals surface area contributed by atoms with E-state index in [0.717, 1.165) is 0 Å². The Hall–Kier alpha value is -2.56. The summed E-state index contributed by atoms with van der Waals surface area (Å²) in [6.07, 6.45) is 0.590. The van der Waals surface area contributed by atoms with Crippen LogP contribution in [0.5, 0.6) is 17.2 Å². The van der Waals surface area contributed by atoms with Gasteiger partial charge in [0, 0.05) is 24.8 Å². The summed E-state index contributed by atoms with van der Waals surface area (Å²) < 4.78 is 43.4. The van der Waals surface area contributed by atoms with E-state index in [0.29, 0.717) is 17.2 Å². The fraction of sp³-hybridized carbons (Fsp3) is 0.389. The zero-order valence-corrected chi connectivity index (χ0v) is 16.4. The van der Waals surface area contributed by atoms with E-state index in [4.69, 9.17) is 14.2 Å². The van der Waals surface area contributed by atoms with Crippen molar-refractivity contribution in [2.24, 2.45) is 0 Å². The molecule has 0 bridgehead atoms. The fourth-order valence-corrected chi connectivity index (χ4v) is 3.93. The van der Waals surface area contributed by atoms with Gasteiger partial charge in [-0.05, 0) is 38.1 Å². The molecular weight excluding hydrogens is 386 g/mol. The molecule has 0 radical (unpaired) electrons. The molecular formula is C18H23N3O6S. The average Bonchev–Trinajstić information content (AvgIpc) is 3.11. The monoisotopic (exact) mass is 409 g/mol. The molecule has 0 saturated heterocycles. The van der Waals surface area contributed by atoms with Crippen LogP contribution >= 0.6 is 0 Å². The number of pyridine rings is 1. The maximum Gasteiger partial charge on any atom is 0.244 e. The molecule has 2 heterocycles. The first kappa shape index (κ1) is 20.2. The van der Waals surface area contributed by atoms with E-state index in [2.05, 4.69) is 15.0 Å². The lowest BCUT2D eigenvalue weighted by Crippen LogP contribution is -2.32. The molecule has 1 aliphatic heterocycles. The minimum Gasteiger partial charge on any atom is -0.491 e. The van der Waals surface area contributed by atoms with Gasteiger partial charge in [-0.1, -0.05) is 0 Å². The lowest BCUT2D eigenvalue weighted by molar-refractivity contribution is 0.117. The first-order valence-electron chi connectivity index (χ1n) is 8.77. The highest BCUT2D eigenvalue weighted by atomic mass is 32.2. The van der Waals surface area contributed by atoms with Gasteiger partial charge in [-0.2, -0.15) is 0 Å². The zero-order chi connectivity index (χ0) is 20.1. The molecule has 10 heteroatoms. The number of aliphatic hydroxyl groups is 1. The van der Waals surface area contributed by atoms with Gasteiger partial charge < -0.3 is 24.6 Å². The molecule has 0 amide bonds. The largest absolute Gasteiger partial charge is 0.491 e. The van der Waals surface area contributed by atoms with Crippen LogP contribution in [0.2, 0.25) is 0 Å². The second-order valence-corrected chi connectivity index (χ2v) is 8.17. The van der Waals surface area contributed by atoms with Crippen molar-refractivity contribution in [2.45, 2.75) is 30.9 Å². The van der Waals surface area contributed by atoms with E-state index in [1.54, 1.807) is 38.1 Å². The fourth-order valence-electron chi connectivity index (χ4n) is 2.55. The molecule has 1 aromatic heterocycles. The molecule has 28 heavy (non-hydrogen) atoms. The van der Waals surface area contributed by atoms with Crippen molar-refractivity contribution in [3.63, 3.8) is 0 Å². The van der Waals surface area contributed by atoms with Crippen molar-refractivity contribution < 1.29 is 27.7 Å². The van der Waals surface area contributed by atoms with E-state index in [-0.39, 0.29) is 36.7 Å². The number of nitrogens with zero attached hydrogens (tertiary/aromatic N) is 1. The van der Waals surface area contributed by atoms with E-state index in [9.17, 15) is 13.5 Å². The highest BCUT2D eigenvalue weighted by Crippen LogP contribution is 2.35. The van der Waals surface area contributed by atoms with E-state index < -0.39 is 16.1 Å². The molecule has 2 aromatic rings. The normalized spacial score (nSPS) is 14.1. The Balaban J connectivity index is 1.57. The van der Waals surface area contributed by atoms with E-state index in [1.165, 1.54) is 12.3 Å². The lowest BCUT2D eigenvalue weighted by Gasteiger charge is -2.16. The summed E-state index contributed by atoms with van der Waals surface area (Å²) in [5, 5.41) is 13.0. The number of benzene rings is 1. The molecule has 3 rings (SSSR count). The van der Waals surface area contributed by atoms with E-state index >= 15 is 0 Å². The summed E-state index contributed by atoms with van der Waals surface area (Å²) in [7, 11) is -3.71. The number of aromatic nitrogens is 1. The quantitative estimate of drug-likeness (QED) is 0.568. The average molecular weight is 409 g/mol. The van der Waals surface area contributed by atoms with Gasteiger partial charge in [0.15, 0.2) is 11.5 Å². The molecule has 1 aromatic carbocycles. The van der Waals surface area contributed by atoms with Gasteiger partial charge in [-0.25, -0.2) is 18.1 Å². The number of rotatable bonds is 9. The molecule has 9 nitrogen and oxygen atoms in total. The molecule has 152 valence electrons. The van der Waals surface area contributed by atoms with Crippen molar-refractivity contribution in [1.82, 2.24) is 9.71 Å². The SMILES string of the molecule is CC(C)NS(=O)(=O)c1cccnc1NC[C@@H](O)COc1ccc2c(c1)OCO2. The van der Waals surface area contributed by atoms with Crippen LogP contribution in [0, 0.1) is 0 Å². The Morgan fingerprint density at radius 2 is 2.04 bits per heavy atom. The maximum atomic E-state index is 12.4. The van der Waals surface area contributed by atoms with Gasteiger partial charge in [0.1, 0.15) is 29.2 Å². The summed E-state index contributed by atoms with van der Waals surface area (Å²) in [5.74, 6) is 1.93. The van der Waals surface area contributed by atoms with Crippen molar-refractivity contribution in [2.75, 3.05) is 25.3 Å². The predicted octanol–water partition coefficient (Wildman–Crippen LogP) is 1.35. The number of hydrogen-bond donors (Lipinski definition) is 3. The standard InChI is InChI=1S/C18H23N3O6S/c1-12(2)21-28(23,24)17-4-3-7-19-18(17)20-9-13(22)10-25-14-5-6-15-16(8-14)27-11-26-15/h3-8,12-13,21-22H,9-11H2,1-2H3,(H,19,20)/t13-/m1/s1. The van der Waals surface area contributed by atoms with E-state index in [1.807, 2.05) is 0 Å². The minimum absolute atomic E-state index is 0.00576. The molecule has 0 saturated carbocycles. The highest BCUT2D eigenvalue weighted by molar-refractivity contribution is 7.89. The Bertz CT molecular complexity index is 919. The second kappa shape index (κ2) is 8.63. The Morgan fingerprint density at radius 3 is 2.82 bits per heavy atom. The van der Waals surface area contributed by atoms with Crippen molar-refractivity contribution in [3.8, 4) is 17.2 Å². The third-order valence-electron chi connectivity index (χ3n) is 3.74. The summed E-state index contributed by atoms with van der Waals surface area (Å²) in [6.45, 7) is 3.71. The van der Waals surface area contributed by atoms with Gasteiger partial charge in [0.05, 0.1) is 0 Å². The number of ether oxygens (including phenoxy) is 3. The topological polar surface area (TPSA) is 119 Å². The zero-order valence-electron chi connectivity index (χ0n) is 15.6. The van der Waals surface area contributed by atoms with Crippen molar-refractivity contribution >= 4 is 15.8 Å². The van der Waals surface area contributed by atoms with Crippen LogP contribution in [-0.4, -0.2) is 50.6 Å². The van der Waals surface area contributed by atoms with Gasteiger partial charge in [-0.15, -0.1) is 0 Å². The first-order valence-corrected chi connectivity index (χ1v) is 10.2. The number of nitrogens with one attached hydrogen (secondary N) is 2. The van der Waals surface area contributed by atoms with Gasteiger partial charge in [-0.3, -0.25) is 0 Å². The van der Waals surface area contributed by atoms with Crippen LogP contribution in [0.25, 0.3) is 0 Å². The lowest BCUT2D eigenvalue weighted by atomic mass is 10.3. The number of sulfonamides is 1. The van der Waals surface area contributed by atoms with Crippen LogP contribution in [0.1, 0.15) is 13.8 Å². The number of anilines is 1. The third-order valence-corrected chi connectivity index (χ3v) is 5.43. The van der Waals surface area contributed by atoms with Gasteiger partial charge in [0.2, 0.25) is 16.8 Å². The van der Waals surface area contributed by atoms with Crippen LogP contribution in [0.15, 0.2) is 41.4 Å². The summed E-state index contributed by atoms with van der Waals surface area (Å²) >= 11 is 0. The number of hydrogen-bond acceptors (Lipinski definition) is 8. The molecule has 1 atom stereocenters. The molecule has 0 aliphatic carbocycles. The Morgan fingerprint density at radius 1 is 1.25 bits per heavy atom. The number of fused-ring (bicyclic) bond motifs is 1. The van der Waals surface area contributed by atoms with Crippen LogP contribution in [0.3, 0.4) is 0 Å². The molecule has 0 spiro atoms. The second-order valence-electron chi connectivity index (χ2n) is 6.49. The molecule has 3 N–H and O–H groups in total. The van der Waals surface area contributed by atoms with Gasteiger partial charge >= 0.3 is 0 Å². The Kier molecular flexibility index (Phi) is 6.22. The Labute approximate surface area is 163 Å². The molecule has 0 unspecified atom stereocenters. The van der Waals surface area contributed by atoms with Crippen molar-refractivity contribution in [3.05, 3.63) is 36.5 Å². The highest BCUT2D eigenvalue weighted by Gasteiger charge is 2.21. The molecule has 0 fully saturated rings. The molecule has 1 aliphatic rings. The van der Waals surface area contributed by atoms with Crippen LogP contribution in [-0.2, 0) is 10.0 Å². The first-order chi connectivity index (χ1) is 13.3. The smallest absolute Gasteiger partial charge is 0.244 e. The summed E-state index contributed by atoms with van der Waals surface area (Å²) in [5.41, 5.74) is 0. The van der Waals surface area contributed by atoms with Crippen molar-refractivity contribution in [1.29, 1.82) is 0 Å². The summed E-state index contributed by atoms with van der Waals surface area (Å²) in [4.78, 5) is 4.09. The third kappa shape index (κ3) is 5.03. The summed E-state index contributed by atoms with van der Waals surface area (Å²) in [6, 6.07) is 7.88. The minimum atomic E-state index is -3.71. The van der Waals surface area contributed by atoms with Gasteiger partial charge in [0.25, 0.3) is 0 Å². The maximum absolute atomic E-state index is 12.4. The predicted molar refractivity (Wildman–Crippen MR) is 102 cm³/mol. The van der Waals surface area contributed by atoms with Crippen LogP contribution < -0.4 is 24.2 Å². The number of aliphatic hydroxyl groups excluding tert-OH is 1. The van der Waals surface area contributed by atoms with Crippen LogP contribution in [0.4, 0.5) is 5.82 Å².